The first-order valence-corrected chi connectivity index (χ1v) is 13.5. The van der Waals surface area contributed by atoms with Crippen molar-refractivity contribution < 1.29 is 4.79 Å². The number of hydrogen-bond acceptors (Lipinski definition) is 1. The average Bonchev–Trinajstić information content (AvgIpc) is 2.69. The number of rotatable bonds is 0. The van der Waals surface area contributed by atoms with Crippen LogP contribution in [0.4, 0.5) is 0 Å². The van der Waals surface area contributed by atoms with Gasteiger partial charge in [0, 0.05) is 11.8 Å². The fourth-order valence-electron chi connectivity index (χ4n) is 11.2. The summed E-state index contributed by atoms with van der Waals surface area (Å²) in [5, 5.41) is 0. The van der Waals surface area contributed by atoms with Crippen LogP contribution in [-0.4, -0.2) is 5.78 Å². The molecule has 0 N–H and O–H groups in total. The summed E-state index contributed by atoms with van der Waals surface area (Å²) in [6.45, 7) is 22.3. The predicted molar refractivity (Wildman–Crippen MR) is 130 cm³/mol. The van der Waals surface area contributed by atoms with Gasteiger partial charge in [0.05, 0.1) is 0 Å². The quantitative estimate of drug-likeness (QED) is 0.358. The fraction of sp³-hybridized carbons (Fsp3) is 0.900. The van der Waals surface area contributed by atoms with E-state index in [9.17, 15) is 4.79 Å². The van der Waals surface area contributed by atoms with E-state index < -0.39 is 0 Å². The highest BCUT2D eigenvalue weighted by Gasteiger charge is 2.69. The van der Waals surface area contributed by atoms with Gasteiger partial charge in [-0.3, -0.25) is 4.79 Å². The van der Waals surface area contributed by atoms with Gasteiger partial charge in [-0.05, 0) is 109 Å². The number of fused-ring (bicyclic) bond motifs is 7. The van der Waals surface area contributed by atoms with Gasteiger partial charge < -0.3 is 0 Å². The SMILES string of the molecule is C=C1CCC2(C)CCC3(C)C(CCC4C5(C)CCC(=O)C(C)(C)C5CCC43C)C2C1C. The number of Topliss-reactive ketones (excluding diaryl/α,β-unsaturated/α-hetero) is 1. The minimum atomic E-state index is -0.132. The summed E-state index contributed by atoms with van der Waals surface area (Å²) in [6, 6.07) is 0. The summed E-state index contributed by atoms with van der Waals surface area (Å²) in [5.74, 6) is 4.22. The van der Waals surface area contributed by atoms with Gasteiger partial charge in [0.25, 0.3) is 0 Å². The minimum Gasteiger partial charge on any atom is -0.299 e. The molecule has 0 heterocycles. The van der Waals surface area contributed by atoms with Crippen LogP contribution in [0.15, 0.2) is 12.2 Å². The molecule has 174 valence electrons. The largest absolute Gasteiger partial charge is 0.299 e. The van der Waals surface area contributed by atoms with Gasteiger partial charge in [0.15, 0.2) is 0 Å². The molecule has 9 atom stereocenters. The van der Waals surface area contributed by atoms with E-state index in [1.807, 2.05) is 0 Å². The minimum absolute atomic E-state index is 0.132. The molecule has 0 radical (unpaired) electrons. The van der Waals surface area contributed by atoms with Crippen LogP contribution >= 0.6 is 0 Å². The molecule has 1 heteroatoms. The Balaban J connectivity index is 1.55. The molecule has 5 aliphatic rings. The zero-order valence-corrected chi connectivity index (χ0v) is 21.6. The van der Waals surface area contributed by atoms with Crippen LogP contribution in [-0.2, 0) is 4.79 Å². The van der Waals surface area contributed by atoms with E-state index in [0.29, 0.717) is 39.3 Å². The summed E-state index contributed by atoms with van der Waals surface area (Å²) in [7, 11) is 0. The number of hydrogen-bond donors (Lipinski definition) is 0. The normalized spacial score (nSPS) is 56.2. The van der Waals surface area contributed by atoms with E-state index in [2.05, 4.69) is 55.0 Å². The Morgan fingerprint density at radius 3 is 2.19 bits per heavy atom. The molecule has 0 aromatic heterocycles. The first-order valence-electron chi connectivity index (χ1n) is 13.5. The van der Waals surface area contributed by atoms with Gasteiger partial charge in [-0.1, -0.05) is 60.6 Å². The maximum Gasteiger partial charge on any atom is 0.138 e. The third kappa shape index (κ3) is 2.59. The molecule has 0 saturated heterocycles. The van der Waals surface area contributed by atoms with Crippen LogP contribution in [0.5, 0.6) is 0 Å². The zero-order chi connectivity index (χ0) is 22.6. The van der Waals surface area contributed by atoms with Crippen molar-refractivity contribution in [1.29, 1.82) is 0 Å². The summed E-state index contributed by atoms with van der Waals surface area (Å²) in [5.41, 5.74) is 3.10. The van der Waals surface area contributed by atoms with Crippen molar-refractivity contribution in [2.45, 2.75) is 113 Å². The maximum absolute atomic E-state index is 12.9. The van der Waals surface area contributed by atoms with Gasteiger partial charge in [-0.25, -0.2) is 0 Å². The summed E-state index contributed by atoms with van der Waals surface area (Å²) in [4.78, 5) is 12.9. The molecule has 0 spiro atoms. The van der Waals surface area contributed by atoms with Crippen molar-refractivity contribution in [3.63, 3.8) is 0 Å². The third-order valence-corrected chi connectivity index (χ3v) is 13.3. The molecule has 31 heavy (non-hydrogen) atoms. The van der Waals surface area contributed by atoms with Gasteiger partial charge in [0.1, 0.15) is 5.78 Å². The van der Waals surface area contributed by atoms with E-state index >= 15 is 0 Å². The second-order valence-corrected chi connectivity index (χ2v) is 14.4. The Kier molecular flexibility index (Phi) is 4.66. The highest BCUT2D eigenvalue weighted by atomic mass is 16.1. The van der Waals surface area contributed by atoms with Crippen LogP contribution in [0.3, 0.4) is 0 Å². The second kappa shape index (κ2) is 6.50. The Labute approximate surface area is 192 Å². The molecule has 0 aromatic rings. The average molecular weight is 425 g/mol. The van der Waals surface area contributed by atoms with Crippen LogP contribution < -0.4 is 0 Å². The van der Waals surface area contributed by atoms with E-state index in [1.165, 1.54) is 56.9 Å². The summed E-state index contributed by atoms with van der Waals surface area (Å²) < 4.78 is 0. The highest BCUT2D eigenvalue weighted by Crippen LogP contribution is 2.76. The Morgan fingerprint density at radius 2 is 1.48 bits per heavy atom. The van der Waals surface area contributed by atoms with Crippen LogP contribution in [0.2, 0.25) is 0 Å². The summed E-state index contributed by atoms with van der Waals surface area (Å²) >= 11 is 0. The lowest BCUT2D eigenvalue weighted by Crippen LogP contribution is -2.66. The highest BCUT2D eigenvalue weighted by molar-refractivity contribution is 5.85. The predicted octanol–water partition coefficient (Wildman–Crippen LogP) is 8.23. The van der Waals surface area contributed by atoms with Gasteiger partial charge >= 0.3 is 0 Å². The molecule has 0 aromatic carbocycles. The molecule has 5 aliphatic carbocycles. The Morgan fingerprint density at radius 1 is 0.774 bits per heavy atom. The molecule has 5 saturated carbocycles. The number of allylic oxidation sites excluding steroid dienone is 1. The van der Waals surface area contributed by atoms with Crippen LogP contribution in [0, 0.1) is 56.7 Å². The standard InChI is InChI=1S/C30H48O/c1-19-11-14-27(5)17-18-29(7)21(25(27)20(19)2)9-10-23-28(6)15-13-24(31)26(3,4)22(28)12-16-30(23,29)8/h20-23,25H,1,9-18H2,2-8H3. The first kappa shape index (κ1) is 22.2. The Bertz CT molecular complexity index is 807. The molecule has 0 bridgehead atoms. The van der Waals surface area contributed by atoms with Crippen molar-refractivity contribution in [2.75, 3.05) is 0 Å². The van der Waals surface area contributed by atoms with Crippen molar-refractivity contribution in [3.05, 3.63) is 12.2 Å². The smallest absolute Gasteiger partial charge is 0.138 e. The molecule has 0 amide bonds. The molecule has 5 fully saturated rings. The number of carbonyl (C=O) groups excluding carboxylic acids is 1. The van der Waals surface area contributed by atoms with E-state index in [-0.39, 0.29) is 5.41 Å². The van der Waals surface area contributed by atoms with E-state index in [1.54, 1.807) is 0 Å². The number of ketones is 1. The van der Waals surface area contributed by atoms with E-state index in [0.717, 1.165) is 30.6 Å². The van der Waals surface area contributed by atoms with Crippen LogP contribution in [0.25, 0.3) is 0 Å². The van der Waals surface area contributed by atoms with Crippen molar-refractivity contribution in [1.82, 2.24) is 0 Å². The maximum atomic E-state index is 12.9. The van der Waals surface area contributed by atoms with Crippen molar-refractivity contribution in [3.8, 4) is 0 Å². The van der Waals surface area contributed by atoms with Gasteiger partial charge in [-0.15, -0.1) is 0 Å². The molecule has 0 aliphatic heterocycles. The van der Waals surface area contributed by atoms with E-state index in [4.69, 9.17) is 0 Å². The zero-order valence-electron chi connectivity index (χ0n) is 21.6. The fourth-order valence-corrected chi connectivity index (χ4v) is 11.2. The molecule has 9 unspecified atom stereocenters. The van der Waals surface area contributed by atoms with Gasteiger partial charge in [0.2, 0.25) is 0 Å². The second-order valence-electron chi connectivity index (χ2n) is 14.4. The lowest BCUT2D eigenvalue weighted by molar-refractivity contribution is -0.239. The first-order chi connectivity index (χ1) is 14.3. The molecule has 1 nitrogen and oxygen atoms in total. The third-order valence-electron chi connectivity index (χ3n) is 13.3. The van der Waals surface area contributed by atoms with Crippen molar-refractivity contribution in [2.24, 2.45) is 56.7 Å². The Hall–Kier alpha value is -0.590. The molecular weight excluding hydrogens is 376 g/mol. The van der Waals surface area contributed by atoms with Crippen LogP contribution in [0.1, 0.15) is 113 Å². The lowest BCUT2D eigenvalue weighted by Gasteiger charge is -2.73. The van der Waals surface area contributed by atoms with Gasteiger partial charge in [-0.2, -0.15) is 0 Å². The number of carbonyl (C=O) groups is 1. The van der Waals surface area contributed by atoms with Crippen molar-refractivity contribution >= 4 is 5.78 Å². The molecule has 5 rings (SSSR count). The molecular formula is C30H48O. The lowest BCUT2D eigenvalue weighted by atomic mass is 9.31. The monoisotopic (exact) mass is 424 g/mol. The topological polar surface area (TPSA) is 17.1 Å². The summed E-state index contributed by atoms with van der Waals surface area (Å²) in [6.07, 6.45) is 12.8.